The summed E-state index contributed by atoms with van der Waals surface area (Å²) in [6.45, 7) is 7.29. The highest BCUT2D eigenvalue weighted by atomic mass is 16.6. The number of aryl methyl sites for hydroxylation is 4. The Morgan fingerprint density at radius 2 is 1.78 bits per heavy atom. The van der Waals surface area contributed by atoms with Crippen LogP contribution in [0.1, 0.15) is 32.9 Å². The molecular formula is C19H19N5O3. The summed E-state index contributed by atoms with van der Waals surface area (Å²) in [5.74, 6) is -0.471. The number of carbonyl (C=O) groups excluding carboxylic acids is 1. The van der Waals surface area contributed by atoms with Gasteiger partial charge < -0.3 is 5.32 Å². The maximum atomic E-state index is 12.6. The zero-order valence-corrected chi connectivity index (χ0v) is 15.5. The summed E-state index contributed by atoms with van der Waals surface area (Å²) in [4.78, 5) is 24.6. The Hall–Kier alpha value is -3.55. The lowest BCUT2D eigenvalue weighted by Crippen LogP contribution is -2.14. The van der Waals surface area contributed by atoms with Crippen LogP contribution in [0.4, 0.5) is 11.4 Å². The fourth-order valence-corrected chi connectivity index (χ4v) is 2.80. The molecule has 3 aromatic rings. The van der Waals surface area contributed by atoms with Crippen LogP contribution < -0.4 is 5.32 Å². The number of nitrogens with one attached hydrogen (secondary N) is 1. The van der Waals surface area contributed by atoms with Crippen molar-refractivity contribution in [2.45, 2.75) is 27.7 Å². The van der Waals surface area contributed by atoms with E-state index >= 15 is 0 Å². The van der Waals surface area contributed by atoms with E-state index < -0.39 is 10.8 Å². The van der Waals surface area contributed by atoms with Gasteiger partial charge in [-0.15, -0.1) is 5.10 Å². The van der Waals surface area contributed by atoms with Crippen molar-refractivity contribution in [3.63, 3.8) is 0 Å². The number of carbonyl (C=O) groups is 1. The molecule has 0 fully saturated rings. The molecule has 8 nitrogen and oxygen atoms in total. The SMILES string of the molecule is Cc1ccc(-n2nc(C)c(C(=O)Nc3ccc(C)c([N+](=O)[O-])c3)n2)c(C)c1. The monoisotopic (exact) mass is 365 g/mol. The molecule has 0 bridgehead atoms. The highest BCUT2D eigenvalue weighted by Crippen LogP contribution is 2.23. The molecular weight excluding hydrogens is 346 g/mol. The third-order valence-electron chi connectivity index (χ3n) is 4.23. The molecule has 0 saturated carbocycles. The predicted octanol–water partition coefficient (Wildman–Crippen LogP) is 3.66. The Bertz CT molecular complexity index is 1060. The van der Waals surface area contributed by atoms with Crippen molar-refractivity contribution in [2.75, 3.05) is 5.32 Å². The molecule has 27 heavy (non-hydrogen) atoms. The Labute approximate surface area is 156 Å². The summed E-state index contributed by atoms with van der Waals surface area (Å²) < 4.78 is 0. The van der Waals surface area contributed by atoms with E-state index in [9.17, 15) is 14.9 Å². The Morgan fingerprint density at radius 1 is 1.04 bits per heavy atom. The lowest BCUT2D eigenvalue weighted by molar-refractivity contribution is -0.385. The lowest BCUT2D eigenvalue weighted by atomic mass is 10.1. The zero-order valence-electron chi connectivity index (χ0n) is 15.5. The molecule has 1 heterocycles. The number of aromatic nitrogens is 3. The first-order valence-electron chi connectivity index (χ1n) is 8.34. The lowest BCUT2D eigenvalue weighted by Gasteiger charge is -2.06. The fraction of sp³-hybridized carbons (Fsp3) is 0.211. The molecule has 3 rings (SSSR count). The average Bonchev–Trinajstić information content (AvgIpc) is 2.98. The van der Waals surface area contributed by atoms with Crippen LogP contribution in [0.2, 0.25) is 0 Å². The number of nitrogens with zero attached hydrogens (tertiary/aromatic N) is 4. The standard InChI is InChI=1S/C19H19N5O3/c1-11-5-8-16(13(3)9-11)23-21-14(4)18(22-23)19(25)20-15-7-6-12(2)17(10-15)24(26)27/h5-10H,1-4H3,(H,20,25). The minimum atomic E-state index is -0.479. The van der Waals surface area contributed by atoms with Crippen LogP contribution in [0.5, 0.6) is 0 Å². The van der Waals surface area contributed by atoms with Crippen molar-refractivity contribution in [2.24, 2.45) is 0 Å². The van der Waals surface area contributed by atoms with E-state index in [1.165, 1.54) is 10.9 Å². The van der Waals surface area contributed by atoms with Gasteiger partial charge in [0.1, 0.15) is 0 Å². The molecule has 0 atom stereocenters. The van der Waals surface area contributed by atoms with E-state index in [4.69, 9.17) is 0 Å². The maximum absolute atomic E-state index is 12.6. The van der Waals surface area contributed by atoms with Crippen LogP contribution in [0, 0.1) is 37.8 Å². The van der Waals surface area contributed by atoms with E-state index in [1.807, 2.05) is 32.0 Å². The molecule has 0 unspecified atom stereocenters. The summed E-state index contributed by atoms with van der Waals surface area (Å²) in [6, 6.07) is 10.4. The van der Waals surface area contributed by atoms with Gasteiger partial charge in [-0.3, -0.25) is 14.9 Å². The molecule has 138 valence electrons. The quantitative estimate of drug-likeness (QED) is 0.561. The Kier molecular flexibility index (Phi) is 4.72. The molecule has 0 aliphatic carbocycles. The molecule has 0 aliphatic rings. The summed E-state index contributed by atoms with van der Waals surface area (Å²) in [7, 11) is 0. The van der Waals surface area contributed by atoms with Gasteiger partial charge in [0, 0.05) is 17.3 Å². The van der Waals surface area contributed by atoms with Crippen molar-refractivity contribution >= 4 is 17.3 Å². The van der Waals surface area contributed by atoms with Crippen molar-refractivity contribution in [3.05, 3.63) is 74.6 Å². The number of nitro groups is 1. The van der Waals surface area contributed by atoms with Gasteiger partial charge in [0.25, 0.3) is 11.6 Å². The molecule has 1 aromatic heterocycles. The van der Waals surface area contributed by atoms with Crippen LogP contribution in [-0.2, 0) is 0 Å². The summed E-state index contributed by atoms with van der Waals surface area (Å²) in [5.41, 5.74) is 4.34. The molecule has 1 N–H and O–H groups in total. The van der Waals surface area contributed by atoms with Crippen LogP contribution in [0.3, 0.4) is 0 Å². The second-order valence-corrected chi connectivity index (χ2v) is 6.43. The fourth-order valence-electron chi connectivity index (χ4n) is 2.80. The molecule has 0 spiro atoms. The second kappa shape index (κ2) is 6.99. The number of nitro benzene ring substituents is 1. The van der Waals surface area contributed by atoms with Gasteiger partial charge in [-0.25, -0.2) is 0 Å². The molecule has 0 radical (unpaired) electrons. The topological polar surface area (TPSA) is 103 Å². The summed E-state index contributed by atoms with van der Waals surface area (Å²) in [6.07, 6.45) is 0. The molecule has 0 saturated heterocycles. The van der Waals surface area contributed by atoms with Crippen molar-refractivity contribution in [1.82, 2.24) is 15.0 Å². The van der Waals surface area contributed by atoms with Gasteiger partial charge in [-0.1, -0.05) is 23.8 Å². The smallest absolute Gasteiger partial charge is 0.278 e. The van der Waals surface area contributed by atoms with Crippen molar-refractivity contribution in [1.29, 1.82) is 0 Å². The van der Waals surface area contributed by atoms with Crippen molar-refractivity contribution in [3.8, 4) is 5.69 Å². The minimum Gasteiger partial charge on any atom is -0.320 e. The van der Waals surface area contributed by atoms with Crippen LogP contribution in [0.15, 0.2) is 36.4 Å². The van der Waals surface area contributed by atoms with Crippen molar-refractivity contribution < 1.29 is 9.72 Å². The number of anilines is 1. The zero-order chi connectivity index (χ0) is 19.7. The predicted molar refractivity (Wildman–Crippen MR) is 101 cm³/mol. The average molecular weight is 365 g/mol. The van der Waals surface area contributed by atoms with Gasteiger partial charge in [-0.2, -0.15) is 9.90 Å². The van der Waals surface area contributed by atoms with Gasteiger partial charge in [0.2, 0.25) is 0 Å². The summed E-state index contributed by atoms with van der Waals surface area (Å²) >= 11 is 0. The third kappa shape index (κ3) is 3.69. The normalized spacial score (nSPS) is 10.7. The van der Waals surface area contributed by atoms with Crippen LogP contribution in [0.25, 0.3) is 5.69 Å². The van der Waals surface area contributed by atoms with Crippen LogP contribution >= 0.6 is 0 Å². The third-order valence-corrected chi connectivity index (χ3v) is 4.23. The van der Waals surface area contributed by atoms with Gasteiger partial charge >= 0.3 is 0 Å². The first kappa shape index (κ1) is 18.2. The van der Waals surface area contributed by atoms with E-state index in [0.717, 1.165) is 16.8 Å². The van der Waals surface area contributed by atoms with Crippen LogP contribution in [-0.4, -0.2) is 25.8 Å². The molecule has 1 amide bonds. The van der Waals surface area contributed by atoms with E-state index in [1.54, 1.807) is 26.0 Å². The van der Waals surface area contributed by atoms with Gasteiger partial charge in [0.05, 0.1) is 16.3 Å². The first-order chi connectivity index (χ1) is 12.8. The first-order valence-corrected chi connectivity index (χ1v) is 8.34. The number of hydrogen-bond donors (Lipinski definition) is 1. The molecule has 2 aromatic carbocycles. The van der Waals surface area contributed by atoms with E-state index in [0.29, 0.717) is 16.9 Å². The number of hydrogen-bond acceptors (Lipinski definition) is 5. The van der Waals surface area contributed by atoms with Gasteiger partial charge in [0.15, 0.2) is 5.69 Å². The summed E-state index contributed by atoms with van der Waals surface area (Å²) in [5, 5.41) is 22.3. The van der Waals surface area contributed by atoms with E-state index in [-0.39, 0.29) is 11.4 Å². The molecule has 8 heteroatoms. The highest BCUT2D eigenvalue weighted by Gasteiger charge is 2.19. The Balaban J connectivity index is 1.89. The number of benzene rings is 2. The highest BCUT2D eigenvalue weighted by molar-refractivity contribution is 6.03. The number of amides is 1. The second-order valence-electron chi connectivity index (χ2n) is 6.43. The minimum absolute atomic E-state index is 0.0524. The largest absolute Gasteiger partial charge is 0.320 e. The molecule has 0 aliphatic heterocycles. The van der Waals surface area contributed by atoms with Gasteiger partial charge in [-0.05, 0) is 45.4 Å². The Morgan fingerprint density at radius 3 is 2.44 bits per heavy atom. The van der Waals surface area contributed by atoms with E-state index in [2.05, 4.69) is 15.5 Å². The number of rotatable bonds is 4. The maximum Gasteiger partial charge on any atom is 0.278 e.